The first-order valence-corrected chi connectivity index (χ1v) is 20.0. The molecular formula is C45H70P2. The summed E-state index contributed by atoms with van der Waals surface area (Å²) < 4.78 is 0. The molecule has 2 heteroatoms. The van der Waals surface area contributed by atoms with E-state index in [0.717, 1.165) is 25.7 Å². The van der Waals surface area contributed by atoms with Crippen molar-refractivity contribution in [3.05, 3.63) is 57.6 Å². The van der Waals surface area contributed by atoms with Crippen LogP contribution in [0.25, 0.3) is 0 Å². The van der Waals surface area contributed by atoms with E-state index >= 15 is 0 Å². The maximum Gasteiger partial charge on any atom is 0.00921 e. The molecule has 0 spiro atoms. The summed E-state index contributed by atoms with van der Waals surface area (Å²) in [6.45, 7) is 42.1. The van der Waals surface area contributed by atoms with E-state index in [4.69, 9.17) is 0 Å². The average molecular weight is 673 g/mol. The number of hydrogen-bond donors (Lipinski definition) is 0. The summed E-state index contributed by atoms with van der Waals surface area (Å²) in [5.41, 5.74) is 16.6. The van der Waals surface area contributed by atoms with Gasteiger partial charge in [-0.2, -0.15) is 0 Å². The first kappa shape index (κ1) is 41.6. The van der Waals surface area contributed by atoms with Crippen LogP contribution in [0.15, 0.2) is 24.3 Å². The maximum absolute atomic E-state index is 3.61. The largest absolute Gasteiger partial charge is 0.0986 e. The van der Waals surface area contributed by atoms with Crippen molar-refractivity contribution in [2.24, 2.45) is 0 Å². The molecule has 2 unspecified atom stereocenters. The molecule has 0 saturated heterocycles. The molecule has 0 amide bonds. The van der Waals surface area contributed by atoms with Crippen LogP contribution in [0, 0.1) is 23.2 Å². The van der Waals surface area contributed by atoms with Crippen LogP contribution in [0.1, 0.15) is 190 Å². The van der Waals surface area contributed by atoms with Gasteiger partial charge in [-0.05, 0) is 106 Å². The van der Waals surface area contributed by atoms with Crippen LogP contribution in [-0.4, -0.2) is 0 Å². The Morgan fingerprint density at radius 1 is 0.383 bits per heavy atom. The van der Waals surface area contributed by atoms with E-state index in [-0.39, 0.29) is 32.5 Å². The molecule has 0 aliphatic carbocycles. The molecule has 2 aromatic rings. The fourth-order valence-corrected chi connectivity index (χ4v) is 8.73. The molecule has 0 radical (unpaired) electrons. The zero-order chi connectivity index (χ0) is 36.2. The smallest absolute Gasteiger partial charge is 0.00921 e. The maximum atomic E-state index is 3.61. The average Bonchev–Trinajstić information content (AvgIpc) is 2.87. The van der Waals surface area contributed by atoms with Crippen LogP contribution in [0.2, 0.25) is 0 Å². The summed E-state index contributed by atoms with van der Waals surface area (Å²) in [4.78, 5) is 0. The second-order valence-corrected chi connectivity index (χ2v) is 21.8. The minimum Gasteiger partial charge on any atom is -0.0986 e. The van der Waals surface area contributed by atoms with Gasteiger partial charge in [0.2, 0.25) is 0 Å². The second-order valence-electron chi connectivity index (χ2n) is 19.8. The lowest BCUT2D eigenvalue weighted by Gasteiger charge is -2.33. The highest BCUT2D eigenvalue weighted by molar-refractivity contribution is 7.53. The summed E-state index contributed by atoms with van der Waals surface area (Å²) in [7, 11) is 1.06. The van der Waals surface area contributed by atoms with Crippen molar-refractivity contribution in [2.45, 2.75) is 189 Å². The van der Waals surface area contributed by atoms with E-state index in [9.17, 15) is 0 Å². The van der Waals surface area contributed by atoms with Crippen molar-refractivity contribution in [1.29, 1.82) is 0 Å². The SMILES string of the molecule is CC(C)(C)c1cc(C(C)(C)C)c(PC#CCCCCCC#CPc2c(C(C)(C)C)cc(C(C)(C)C)cc2C(C)(C)C)c(C(C)(C)C)c1. The Morgan fingerprint density at radius 3 is 0.851 bits per heavy atom. The summed E-state index contributed by atoms with van der Waals surface area (Å²) in [6.07, 6.45) is 5.44. The minimum absolute atomic E-state index is 0.0887. The summed E-state index contributed by atoms with van der Waals surface area (Å²) in [5.74, 6) is 7.09. The van der Waals surface area contributed by atoms with Gasteiger partial charge in [0.1, 0.15) is 0 Å². The fourth-order valence-electron chi connectivity index (χ4n) is 5.73. The van der Waals surface area contributed by atoms with Gasteiger partial charge >= 0.3 is 0 Å². The zero-order valence-corrected chi connectivity index (χ0v) is 35.8. The van der Waals surface area contributed by atoms with Gasteiger partial charge in [0.15, 0.2) is 0 Å². The highest BCUT2D eigenvalue weighted by atomic mass is 31.1. The summed E-state index contributed by atoms with van der Waals surface area (Å²) in [5, 5.41) is 2.94. The molecular weight excluding hydrogens is 602 g/mol. The van der Waals surface area contributed by atoms with E-state index in [2.05, 4.69) is 172 Å². The third kappa shape index (κ3) is 12.4. The first-order chi connectivity index (χ1) is 21.1. The van der Waals surface area contributed by atoms with Crippen molar-refractivity contribution in [3.63, 3.8) is 0 Å². The third-order valence-corrected chi connectivity index (χ3v) is 11.1. The number of benzene rings is 2. The second kappa shape index (κ2) is 15.5. The minimum atomic E-state index is 0.0887. The topological polar surface area (TPSA) is 0 Å². The molecule has 260 valence electrons. The molecule has 0 aliphatic rings. The molecule has 0 aromatic heterocycles. The van der Waals surface area contributed by atoms with Crippen LogP contribution >= 0.6 is 17.2 Å². The number of hydrogen-bond acceptors (Lipinski definition) is 0. The van der Waals surface area contributed by atoms with Crippen molar-refractivity contribution >= 4 is 27.8 Å². The van der Waals surface area contributed by atoms with E-state index in [0.29, 0.717) is 17.2 Å². The van der Waals surface area contributed by atoms with Crippen molar-refractivity contribution in [1.82, 2.24) is 0 Å². The highest BCUT2D eigenvalue weighted by Crippen LogP contribution is 2.38. The molecule has 0 bridgehead atoms. The van der Waals surface area contributed by atoms with Gasteiger partial charge in [-0.3, -0.25) is 0 Å². The first-order valence-electron chi connectivity index (χ1n) is 18.0. The summed E-state index contributed by atoms with van der Waals surface area (Å²) >= 11 is 0. The lowest BCUT2D eigenvalue weighted by molar-refractivity contribution is 0.553. The monoisotopic (exact) mass is 672 g/mol. The molecule has 2 rings (SSSR count). The Balaban J connectivity index is 2.09. The van der Waals surface area contributed by atoms with E-state index in [1.165, 1.54) is 50.4 Å². The molecule has 0 aliphatic heterocycles. The molecule has 0 saturated carbocycles. The van der Waals surface area contributed by atoms with Crippen molar-refractivity contribution in [3.8, 4) is 23.2 Å². The molecule has 0 heterocycles. The Morgan fingerprint density at radius 2 is 0.638 bits per heavy atom. The van der Waals surface area contributed by atoms with Crippen LogP contribution in [0.3, 0.4) is 0 Å². The molecule has 2 atom stereocenters. The van der Waals surface area contributed by atoms with E-state index < -0.39 is 0 Å². The zero-order valence-electron chi connectivity index (χ0n) is 33.8. The van der Waals surface area contributed by atoms with Gasteiger partial charge in [0.25, 0.3) is 0 Å². The Bertz CT molecular complexity index is 1300. The molecule has 2 aromatic carbocycles. The van der Waals surface area contributed by atoms with Gasteiger partial charge in [-0.25, -0.2) is 0 Å². The predicted octanol–water partition coefficient (Wildman–Crippen LogP) is 12.7. The van der Waals surface area contributed by atoms with Gasteiger partial charge in [-0.1, -0.05) is 178 Å². The lowest BCUT2D eigenvalue weighted by atomic mass is 9.75. The summed E-state index contributed by atoms with van der Waals surface area (Å²) in [6, 6.07) is 9.87. The lowest BCUT2D eigenvalue weighted by Crippen LogP contribution is -2.30. The molecule has 0 nitrogen and oxygen atoms in total. The van der Waals surface area contributed by atoms with Crippen LogP contribution in [-0.2, 0) is 32.5 Å². The number of rotatable bonds is 6. The van der Waals surface area contributed by atoms with Crippen LogP contribution in [0.4, 0.5) is 0 Å². The van der Waals surface area contributed by atoms with Crippen LogP contribution < -0.4 is 10.6 Å². The molecule has 0 N–H and O–H groups in total. The predicted molar refractivity (Wildman–Crippen MR) is 220 cm³/mol. The van der Waals surface area contributed by atoms with E-state index in [1.807, 2.05) is 0 Å². The van der Waals surface area contributed by atoms with Crippen LogP contribution in [0.5, 0.6) is 0 Å². The van der Waals surface area contributed by atoms with Gasteiger partial charge in [-0.15, -0.1) is 0 Å². The standard InChI is InChI=1S/C45H70P2/c1-40(2,3)32-28-34(42(7,8)9)38(35(29-32)43(10,11)12)46-26-24-22-20-19-21-23-25-27-47-39-36(44(13,14)15)30-33(41(4,5)6)31-37(39)45(16,17)18/h28-31,46-47H,19-23H2,1-18H3. The van der Waals surface area contributed by atoms with E-state index in [1.54, 1.807) is 0 Å². The third-order valence-electron chi connectivity index (χ3n) is 8.90. The Hall–Kier alpha value is -1.58. The quantitative estimate of drug-likeness (QED) is 0.163. The molecule has 0 fully saturated rings. The van der Waals surface area contributed by atoms with Gasteiger partial charge < -0.3 is 0 Å². The van der Waals surface area contributed by atoms with Gasteiger partial charge in [0.05, 0.1) is 0 Å². The van der Waals surface area contributed by atoms with Crippen molar-refractivity contribution < 1.29 is 0 Å². The fraction of sp³-hybridized carbons (Fsp3) is 0.644. The highest BCUT2D eigenvalue weighted by Gasteiger charge is 2.30. The molecule has 47 heavy (non-hydrogen) atoms. The Labute approximate surface area is 296 Å². The van der Waals surface area contributed by atoms with Crippen molar-refractivity contribution in [2.75, 3.05) is 0 Å². The van der Waals surface area contributed by atoms with Gasteiger partial charge in [0, 0.05) is 12.8 Å². The normalized spacial score (nSPS) is 13.7. The number of unbranched alkanes of at least 4 members (excludes halogenated alkanes) is 4. The Kier molecular flexibility index (Phi) is 13.7.